The maximum Gasteiger partial charge on any atom is 0.239 e. The largest absolute Gasteiger partial charge is 0.398 e. The first-order valence-corrected chi connectivity index (χ1v) is 8.29. The summed E-state index contributed by atoms with van der Waals surface area (Å²) in [4.78, 5) is 0. The van der Waals surface area contributed by atoms with E-state index in [2.05, 4.69) is 0 Å². The first-order chi connectivity index (χ1) is 9.79. The van der Waals surface area contributed by atoms with Crippen LogP contribution in [0.4, 0.5) is 11.4 Å². The van der Waals surface area contributed by atoms with Gasteiger partial charge in [0.2, 0.25) is 10.0 Å². The van der Waals surface area contributed by atoms with E-state index in [-0.39, 0.29) is 5.75 Å². The molecule has 0 fully saturated rings. The molecule has 2 N–H and O–H groups in total. The minimum atomic E-state index is -3.47. The SMILES string of the molecule is Cc1cc(C)cc(N(C)S(=O)(=O)Cc2ccccc2N)c1. The fourth-order valence-corrected chi connectivity index (χ4v) is 3.53. The molecule has 2 aromatic carbocycles. The van der Waals surface area contributed by atoms with Gasteiger partial charge in [-0.15, -0.1) is 0 Å². The summed E-state index contributed by atoms with van der Waals surface area (Å²) < 4.78 is 26.4. The van der Waals surface area contributed by atoms with Crippen molar-refractivity contribution in [2.45, 2.75) is 19.6 Å². The number of aryl methyl sites for hydroxylation is 2. The summed E-state index contributed by atoms with van der Waals surface area (Å²) in [6.07, 6.45) is 0. The van der Waals surface area contributed by atoms with E-state index in [0.717, 1.165) is 11.1 Å². The highest BCUT2D eigenvalue weighted by atomic mass is 32.2. The van der Waals surface area contributed by atoms with E-state index < -0.39 is 10.0 Å². The molecule has 0 saturated carbocycles. The maximum absolute atomic E-state index is 12.5. The van der Waals surface area contributed by atoms with E-state index in [0.29, 0.717) is 16.9 Å². The zero-order chi connectivity index (χ0) is 15.6. The lowest BCUT2D eigenvalue weighted by Crippen LogP contribution is -2.28. The number of hydrogen-bond donors (Lipinski definition) is 1. The predicted octanol–water partition coefficient (Wildman–Crippen LogP) is 2.85. The average Bonchev–Trinajstić information content (AvgIpc) is 2.39. The molecule has 4 nitrogen and oxygen atoms in total. The van der Waals surface area contributed by atoms with Crippen LogP contribution in [0, 0.1) is 13.8 Å². The number of nitrogens with zero attached hydrogens (tertiary/aromatic N) is 1. The number of hydrogen-bond acceptors (Lipinski definition) is 3. The zero-order valence-electron chi connectivity index (χ0n) is 12.5. The molecule has 0 aliphatic heterocycles. The minimum absolute atomic E-state index is 0.108. The second-order valence-electron chi connectivity index (χ2n) is 5.27. The van der Waals surface area contributed by atoms with Crippen molar-refractivity contribution < 1.29 is 8.42 Å². The van der Waals surface area contributed by atoms with E-state index >= 15 is 0 Å². The van der Waals surface area contributed by atoms with E-state index in [1.807, 2.05) is 32.0 Å². The van der Waals surface area contributed by atoms with Gasteiger partial charge < -0.3 is 5.73 Å². The number of anilines is 2. The van der Waals surface area contributed by atoms with Gasteiger partial charge in [0.15, 0.2) is 0 Å². The van der Waals surface area contributed by atoms with Gasteiger partial charge in [0, 0.05) is 12.7 Å². The summed E-state index contributed by atoms with van der Waals surface area (Å²) >= 11 is 0. The first kappa shape index (κ1) is 15.4. The molecule has 0 aliphatic carbocycles. The van der Waals surface area contributed by atoms with Crippen LogP contribution in [0.2, 0.25) is 0 Å². The molecule has 0 saturated heterocycles. The Morgan fingerprint density at radius 3 is 2.19 bits per heavy atom. The van der Waals surface area contributed by atoms with Crippen LogP contribution in [0.3, 0.4) is 0 Å². The van der Waals surface area contributed by atoms with Crippen molar-refractivity contribution in [1.82, 2.24) is 0 Å². The highest BCUT2D eigenvalue weighted by molar-refractivity contribution is 7.92. The molecular formula is C16H20N2O2S. The number of rotatable bonds is 4. The summed E-state index contributed by atoms with van der Waals surface area (Å²) in [6, 6.07) is 12.8. The smallest absolute Gasteiger partial charge is 0.239 e. The van der Waals surface area contributed by atoms with Crippen molar-refractivity contribution in [3.63, 3.8) is 0 Å². The highest BCUT2D eigenvalue weighted by Gasteiger charge is 2.20. The maximum atomic E-state index is 12.5. The lowest BCUT2D eigenvalue weighted by Gasteiger charge is -2.21. The Hall–Kier alpha value is -2.01. The highest BCUT2D eigenvalue weighted by Crippen LogP contribution is 2.23. The molecule has 0 heterocycles. The molecule has 5 heteroatoms. The van der Waals surface area contributed by atoms with Gasteiger partial charge in [0.1, 0.15) is 0 Å². The lowest BCUT2D eigenvalue weighted by atomic mass is 10.1. The second-order valence-corrected chi connectivity index (χ2v) is 7.27. The molecule has 2 rings (SSSR count). The van der Waals surface area contributed by atoms with Gasteiger partial charge >= 0.3 is 0 Å². The van der Waals surface area contributed by atoms with E-state index in [1.54, 1.807) is 31.3 Å². The molecule has 0 spiro atoms. The molecule has 0 radical (unpaired) electrons. The molecule has 0 bridgehead atoms. The first-order valence-electron chi connectivity index (χ1n) is 6.68. The Labute approximate surface area is 126 Å². The topological polar surface area (TPSA) is 63.4 Å². The lowest BCUT2D eigenvalue weighted by molar-refractivity contribution is 0.593. The molecule has 0 aromatic heterocycles. The monoisotopic (exact) mass is 304 g/mol. The van der Waals surface area contributed by atoms with Gasteiger partial charge in [0.05, 0.1) is 11.4 Å². The van der Waals surface area contributed by atoms with Crippen molar-refractivity contribution >= 4 is 21.4 Å². The standard InChI is InChI=1S/C16H20N2O2S/c1-12-8-13(2)10-15(9-12)18(3)21(19,20)11-14-6-4-5-7-16(14)17/h4-10H,11,17H2,1-3H3. The van der Waals surface area contributed by atoms with E-state index in [4.69, 9.17) is 5.73 Å². The van der Waals surface area contributed by atoms with Crippen molar-refractivity contribution in [3.8, 4) is 0 Å². The second kappa shape index (κ2) is 5.77. The van der Waals surface area contributed by atoms with Crippen LogP contribution in [0.15, 0.2) is 42.5 Å². The van der Waals surface area contributed by atoms with Crippen molar-refractivity contribution in [1.29, 1.82) is 0 Å². The predicted molar refractivity (Wildman–Crippen MR) is 87.8 cm³/mol. The summed E-state index contributed by atoms with van der Waals surface area (Å²) in [5, 5.41) is 0. The quantitative estimate of drug-likeness (QED) is 0.883. The molecule has 0 unspecified atom stereocenters. The minimum Gasteiger partial charge on any atom is -0.398 e. The Kier molecular flexibility index (Phi) is 4.23. The Morgan fingerprint density at radius 2 is 1.62 bits per heavy atom. The van der Waals surface area contributed by atoms with E-state index in [9.17, 15) is 8.42 Å². The summed E-state index contributed by atoms with van der Waals surface area (Å²) in [5.74, 6) is -0.108. The van der Waals surface area contributed by atoms with Gasteiger partial charge in [-0.2, -0.15) is 0 Å². The van der Waals surface area contributed by atoms with Crippen molar-refractivity contribution in [2.75, 3.05) is 17.1 Å². The average molecular weight is 304 g/mol. The summed E-state index contributed by atoms with van der Waals surface area (Å²) in [5.41, 5.74) is 9.68. The zero-order valence-corrected chi connectivity index (χ0v) is 13.3. The Morgan fingerprint density at radius 1 is 1.05 bits per heavy atom. The summed E-state index contributed by atoms with van der Waals surface area (Å²) in [7, 11) is -1.90. The van der Waals surface area contributed by atoms with Crippen LogP contribution in [0.5, 0.6) is 0 Å². The van der Waals surface area contributed by atoms with Gasteiger partial charge in [-0.05, 0) is 48.7 Å². The van der Waals surface area contributed by atoms with Gasteiger partial charge in [-0.1, -0.05) is 24.3 Å². The van der Waals surface area contributed by atoms with Crippen LogP contribution in [0.25, 0.3) is 0 Å². The Balaban J connectivity index is 2.33. The van der Waals surface area contributed by atoms with Crippen LogP contribution < -0.4 is 10.0 Å². The molecule has 21 heavy (non-hydrogen) atoms. The number of sulfonamides is 1. The third-order valence-corrected chi connectivity index (χ3v) is 5.10. The third-order valence-electron chi connectivity index (χ3n) is 3.38. The Bertz CT molecular complexity index is 734. The van der Waals surface area contributed by atoms with E-state index in [1.165, 1.54) is 4.31 Å². The van der Waals surface area contributed by atoms with Crippen LogP contribution in [-0.2, 0) is 15.8 Å². The molecule has 0 aliphatic rings. The fourth-order valence-electron chi connectivity index (χ4n) is 2.25. The molecule has 0 amide bonds. The number of benzene rings is 2. The van der Waals surface area contributed by atoms with Gasteiger partial charge in [-0.25, -0.2) is 8.42 Å². The number of nitrogen functional groups attached to an aromatic ring is 1. The fraction of sp³-hybridized carbons (Fsp3) is 0.250. The molecule has 0 atom stereocenters. The number of nitrogens with two attached hydrogens (primary N) is 1. The third kappa shape index (κ3) is 3.55. The molecule has 2 aromatic rings. The van der Waals surface area contributed by atoms with Crippen molar-refractivity contribution in [3.05, 3.63) is 59.2 Å². The van der Waals surface area contributed by atoms with Crippen LogP contribution >= 0.6 is 0 Å². The normalized spacial score (nSPS) is 11.4. The van der Waals surface area contributed by atoms with Gasteiger partial charge in [0.25, 0.3) is 0 Å². The van der Waals surface area contributed by atoms with Gasteiger partial charge in [-0.3, -0.25) is 4.31 Å². The van der Waals surface area contributed by atoms with Crippen molar-refractivity contribution in [2.24, 2.45) is 0 Å². The molecular weight excluding hydrogens is 284 g/mol. The number of para-hydroxylation sites is 1. The summed E-state index contributed by atoms with van der Waals surface area (Å²) in [6.45, 7) is 3.90. The van der Waals surface area contributed by atoms with Crippen LogP contribution in [-0.4, -0.2) is 15.5 Å². The van der Waals surface area contributed by atoms with Crippen LogP contribution in [0.1, 0.15) is 16.7 Å². The molecule has 112 valence electrons.